The first kappa shape index (κ1) is 18.1. The summed E-state index contributed by atoms with van der Waals surface area (Å²) in [6.45, 7) is 5.80. The Balaban J connectivity index is 2.07. The molecule has 0 aliphatic heterocycles. The summed E-state index contributed by atoms with van der Waals surface area (Å²) in [4.78, 5) is 24.2. The summed E-state index contributed by atoms with van der Waals surface area (Å²) in [7, 11) is 0. The Labute approximate surface area is 134 Å². The summed E-state index contributed by atoms with van der Waals surface area (Å²) in [5.74, 6) is -4.80. The van der Waals surface area contributed by atoms with Crippen LogP contribution in [0.15, 0.2) is 0 Å². The number of carboxylic acids is 1. The Kier molecular flexibility index (Phi) is 4.72. The molecule has 0 spiro atoms. The van der Waals surface area contributed by atoms with Gasteiger partial charge in [0.1, 0.15) is 5.54 Å². The minimum absolute atomic E-state index is 0.0872. The molecule has 2 N–H and O–H groups in total. The lowest BCUT2D eigenvalue weighted by atomic mass is 9.54. The van der Waals surface area contributed by atoms with Crippen molar-refractivity contribution in [1.29, 1.82) is 0 Å². The predicted molar refractivity (Wildman–Crippen MR) is 79.2 cm³/mol. The summed E-state index contributed by atoms with van der Waals surface area (Å²) in [6, 6.07) is 0. The molecule has 2 rings (SSSR count). The van der Waals surface area contributed by atoms with E-state index in [0.29, 0.717) is 6.61 Å². The first-order valence-electron chi connectivity index (χ1n) is 8.10. The molecule has 5 nitrogen and oxygen atoms in total. The van der Waals surface area contributed by atoms with E-state index in [0.717, 1.165) is 0 Å². The van der Waals surface area contributed by atoms with E-state index >= 15 is 0 Å². The standard InChI is InChI=1S/C16H25F2NO4/c1-4-23-11-9-16(13(21)22,14(11,2)3)19-12(20)10-5-7-15(17,18)8-6-10/h10-11H,4-9H2,1-3H3,(H,19,20)(H,21,22). The maximum absolute atomic E-state index is 13.2. The van der Waals surface area contributed by atoms with Crippen LogP contribution in [0.2, 0.25) is 0 Å². The highest BCUT2D eigenvalue weighted by molar-refractivity contribution is 5.90. The van der Waals surface area contributed by atoms with Gasteiger partial charge >= 0.3 is 5.97 Å². The van der Waals surface area contributed by atoms with Crippen molar-refractivity contribution in [1.82, 2.24) is 5.32 Å². The van der Waals surface area contributed by atoms with Crippen LogP contribution in [0.3, 0.4) is 0 Å². The average molecular weight is 333 g/mol. The minimum atomic E-state index is -2.71. The number of halogens is 2. The zero-order chi connectivity index (χ0) is 17.5. The molecule has 7 heteroatoms. The Morgan fingerprint density at radius 1 is 1.26 bits per heavy atom. The Morgan fingerprint density at radius 2 is 1.83 bits per heavy atom. The smallest absolute Gasteiger partial charge is 0.330 e. The number of aliphatic carboxylic acids is 1. The van der Waals surface area contributed by atoms with E-state index in [9.17, 15) is 23.5 Å². The van der Waals surface area contributed by atoms with Gasteiger partial charge in [-0.15, -0.1) is 0 Å². The molecule has 2 saturated carbocycles. The lowest BCUT2D eigenvalue weighted by Crippen LogP contribution is -2.76. The number of alkyl halides is 2. The second kappa shape index (κ2) is 6.00. The van der Waals surface area contributed by atoms with Gasteiger partial charge in [-0.1, -0.05) is 13.8 Å². The van der Waals surface area contributed by atoms with Gasteiger partial charge in [0.25, 0.3) is 0 Å². The van der Waals surface area contributed by atoms with E-state index in [1.54, 1.807) is 13.8 Å². The van der Waals surface area contributed by atoms with Gasteiger partial charge in [-0.3, -0.25) is 4.79 Å². The van der Waals surface area contributed by atoms with Crippen LogP contribution in [-0.4, -0.2) is 41.2 Å². The van der Waals surface area contributed by atoms with Crippen molar-refractivity contribution in [3.05, 3.63) is 0 Å². The molecule has 0 aromatic rings. The highest BCUT2D eigenvalue weighted by Crippen LogP contribution is 2.52. The number of carbonyl (C=O) groups is 2. The quantitative estimate of drug-likeness (QED) is 0.811. The number of hydrogen-bond acceptors (Lipinski definition) is 3. The van der Waals surface area contributed by atoms with Gasteiger partial charge in [0, 0.05) is 37.2 Å². The number of rotatable bonds is 5. The normalized spacial score (nSPS) is 32.8. The van der Waals surface area contributed by atoms with E-state index in [1.165, 1.54) is 0 Å². The third-order valence-electron chi connectivity index (χ3n) is 5.55. The molecule has 2 atom stereocenters. The van der Waals surface area contributed by atoms with Gasteiger partial charge in [0.2, 0.25) is 11.8 Å². The van der Waals surface area contributed by atoms with Crippen LogP contribution in [0.1, 0.15) is 52.9 Å². The molecule has 0 radical (unpaired) electrons. The van der Waals surface area contributed by atoms with Gasteiger partial charge < -0.3 is 15.2 Å². The lowest BCUT2D eigenvalue weighted by Gasteiger charge is -2.58. The van der Waals surface area contributed by atoms with Crippen molar-refractivity contribution in [2.45, 2.75) is 70.4 Å². The number of carboxylic acid groups (broad SMARTS) is 1. The topological polar surface area (TPSA) is 75.6 Å². The largest absolute Gasteiger partial charge is 0.479 e. The number of ether oxygens (including phenoxy) is 1. The molecule has 132 valence electrons. The second-order valence-electron chi connectivity index (χ2n) is 7.20. The molecule has 2 fully saturated rings. The molecule has 0 saturated heterocycles. The first-order valence-corrected chi connectivity index (χ1v) is 8.10. The fourth-order valence-electron chi connectivity index (χ4n) is 3.65. The van der Waals surface area contributed by atoms with Crippen LogP contribution in [0.25, 0.3) is 0 Å². The Bertz CT molecular complexity index is 484. The van der Waals surface area contributed by atoms with Crippen molar-refractivity contribution < 1.29 is 28.2 Å². The molecule has 2 aliphatic rings. The summed E-state index contributed by atoms with van der Waals surface area (Å²) >= 11 is 0. The molecular weight excluding hydrogens is 308 g/mol. The summed E-state index contributed by atoms with van der Waals surface area (Å²) in [6.07, 6.45) is -0.530. The Morgan fingerprint density at radius 3 is 2.26 bits per heavy atom. The van der Waals surface area contributed by atoms with Crippen LogP contribution in [0.4, 0.5) is 8.78 Å². The maximum atomic E-state index is 13.2. The predicted octanol–water partition coefficient (Wildman–Crippen LogP) is 2.59. The highest BCUT2D eigenvalue weighted by atomic mass is 19.3. The van der Waals surface area contributed by atoms with Crippen molar-refractivity contribution in [2.24, 2.45) is 11.3 Å². The molecule has 0 aromatic carbocycles. The molecule has 2 unspecified atom stereocenters. The van der Waals surface area contributed by atoms with Gasteiger partial charge in [-0.25, -0.2) is 13.6 Å². The summed E-state index contributed by atoms with van der Waals surface area (Å²) in [5.41, 5.74) is -2.16. The van der Waals surface area contributed by atoms with Crippen molar-refractivity contribution >= 4 is 11.9 Å². The third-order valence-corrected chi connectivity index (χ3v) is 5.55. The average Bonchev–Trinajstić information content (AvgIpc) is 2.45. The van der Waals surface area contributed by atoms with Crippen molar-refractivity contribution in [3.8, 4) is 0 Å². The monoisotopic (exact) mass is 333 g/mol. The summed E-state index contributed by atoms with van der Waals surface area (Å²) < 4.78 is 31.9. The SMILES string of the molecule is CCOC1CC(NC(=O)C2CCC(F)(F)CC2)(C(=O)O)C1(C)C. The zero-order valence-corrected chi connectivity index (χ0v) is 13.8. The molecule has 23 heavy (non-hydrogen) atoms. The van der Waals surface area contributed by atoms with Gasteiger partial charge in [-0.05, 0) is 19.8 Å². The van der Waals surface area contributed by atoms with Crippen molar-refractivity contribution in [2.75, 3.05) is 6.61 Å². The maximum Gasteiger partial charge on any atom is 0.330 e. The second-order valence-corrected chi connectivity index (χ2v) is 7.20. The number of carbonyl (C=O) groups excluding carboxylic acids is 1. The molecule has 0 bridgehead atoms. The van der Waals surface area contributed by atoms with E-state index < -0.39 is 34.7 Å². The number of nitrogens with one attached hydrogen (secondary N) is 1. The first-order chi connectivity index (χ1) is 10.6. The molecule has 2 aliphatic carbocycles. The number of hydrogen-bond donors (Lipinski definition) is 2. The lowest BCUT2D eigenvalue weighted by molar-refractivity contribution is -0.195. The van der Waals surface area contributed by atoms with Crippen LogP contribution in [-0.2, 0) is 14.3 Å². The van der Waals surface area contributed by atoms with Crippen molar-refractivity contribution in [3.63, 3.8) is 0 Å². The molecular formula is C16H25F2NO4. The van der Waals surface area contributed by atoms with E-state index in [4.69, 9.17) is 4.74 Å². The van der Waals surface area contributed by atoms with Crippen LogP contribution >= 0.6 is 0 Å². The number of amides is 1. The molecule has 0 aromatic heterocycles. The van der Waals surface area contributed by atoms with E-state index in [-0.39, 0.29) is 38.2 Å². The van der Waals surface area contributed by atoms with Crippen LogP contribution in [0.5, 0.6) is 0 Å². The van der Waals surface area contributed by atoms with Gasteiger partial charge in [0.15, 0.2) is 0 Å². The van der Waals surface area contributed by atoms with Crippen LogP contribution < -0.4 is 5.32 Å². The summed E-state index contributed by atoms with van der Waals surface area (Å²) in [5, 5.41) is 12.3. The fraction of sp³-hybridized carbons (Fsp3) is 0.875. The highest BCUT2D eigenvalue weighted by Gasteiger charge is 2.66. The molecule has 1 amide bonds. The van der Waals surface area contributed by atoms with Crippen LogP contribution in [0, 0.1) is 11.3 Å². The minimum Gasteiger partial charge on any atom is -0.479 e. The fourth-order valence-corrected chi connectivity index (χ4v) is 3.65. The van der Waals surface area contributed by atoms with E-state index in [1.807, 2.05) is 6.92 Å². The van der Waals surface area contributed by atoms with Gasteiger partial charge in [-0.2, -0.15) is 0 Å². The zero-order valence-electron chi connectivity index (χ0n) is 13.8. The molecule has 0 heterocycles. The van der Waals surface area contributed by atoms with Gasteiger partial charge in [0.05, 0.1) is 6.10 Å². The Hall–Kier alpha value is -1.24. The van der Waals surface area contributed by atoms with E-state index in [2.05, 4.69) is 5.32 Å². The third kappa shape index (κ3) is 3.07.